The summed E-state index contributed by atoms with van der Waals surface area (Å²) in [7, 11) is 0. The van der Waals surface area contributed by atoms with Crippen molar-refractivity contribution in [2.24, 2.45) is 5.41 Å². The predicted octanol–water partition coefficient (Wildman–Crippen LogP) is 1.81. The van der Waals surface area contributed by atoms with Crippen LogP contribution in [0.5, 0.6) is 0 Å². The van der Waals surface area contributed by atoms with E-state index in [0.717, 1.165) is 25.9 Å². The van der Waals surface area contributed by atoms with Crippen molar-refractivity contribution in [3.63, 3.8) is 0 Å². The molecule has 0 aromatic carbocycles. The summed E-state index contributed by atoms with van der Waals surface area (Å²) in [5.74, 6) is -1.18. The van der Waals surface area contributed by atoms with Crippen molar-refractivity contribution in [2.45, 2.75) is 46.5 Å². The van der Waals surface area contributed by atoms with E-state index in [1.165, 1.54) is 0 Å². The minimum Gasteiger partial charge on any atom is -0.481 e. The highest BCUT2D eigenvalue weighted by molar-refractivity contribution is 5.84. The number of hydrogen-bond acceptors (Lipinski definition) is 3. The summed E-state index contributed by atoms with van der Waals surface area (Å²) in [5.41, 5.74) is -1.01. The van der Waals surface area contributed by atoms with Gasteiger partial charge in [-0.1, -0.05) is 13.3 Å². The van der Waals surface area contributed by atoms with Gasteiger partial charge in [-0.2, -0.15) is 0 Å². The largest absolute Gasteiger partial charge is 0.481 e. The smallest absolute Gasteiger partial charge is 0.309 e. The van der Waals surface area contributed by atoms with E-state index in [1.807, 2.05) is 0 Å². The number of rotatable bonds is 10. The average Bonchev–Trinajstić information content (AvgIpc) is 2.27. The number of unbranched alkanes of at least 4 members (excludes halogenated alkanes) is 1. The fraction of sp³-hybridized carbons (Fsp3) is 0.846. The lowest BCUT2D eigenvalue weighted by atomic mass is 9.89. The van der Waals surface area contributed by atoms with E-state index in [1.54, 1.807) is 13.8 Å². The summed E-state index contributed by atoms with van der Waals surface area (Å²) in [5, 5.41) is 11.6. The second-order valence-corrected chi connectivity index (χ2v) is 5.04. The SMILES string of the molecule is CCCCOCCCNC(=O)CC(C)(C)C(=O)O. The highest BCUT2D eigenvalue weighted by Gasteiger charge is 2.29. The number of hydrogen-bond donors (Lipinski definition) is 2. The number of carboxylic acids is 1. The molecule has 0 saturated carbocycles. The van der Waals surface area contributed by atoms with Crippen molar-refractivity contribution < 1.29 is 19.4 Å². The van der Waals surface area contributed by atoms with Crippen LogP contribution in [0.2, 0.25) is 0 Å². The van der Waals surface area contributed by atoms with Gasteiger partial charge >= 0.3 is 5.97 Å². The highest BCUT2D eigenvalue weighted by atomic mass is 16.5. The van der Waals surface area contributed by atoms with E-state index in [9.17, 15) is 9.59 Å². The number of aliphatic carboxylic acids is 1. The topological polar surface area (TPSA) is 75.6 Å². The highest BCUT2D eigenvalue weighted by Crippen LogP contribution is 2.19. The molecule has 5 heteroatoms. The Morgan fingerprint density at radius 1 is 1.22 bits per heavy atom. The van der Waals surface area contributed by atoms with Gasteiger partial charge in [-0.15, -0.1) is 0 Å². The molecule has 0 fully saturated rings. The standard InChI is InChI=1S/C13H25NO4/c1-4-5-8-18-9-6-7-14-11(15)10-13(2,3)12(16)17/h4-10H2,1-3H3,(H,14,15)(H,16,17). The monoisotopic (exact) mass is 259 g/mol. The summed E-state index contributed by atoms with van der Waals surface area (Å²) >= 11 is 0. The summed E-state index contributed by atoms with van der Waals surface area (Å²) in [4.78, 5) is 22.3. The quantitative estimate of drug-likeness (QED) is 0.587. The van der Waals surface area contributed by atoms with Crippen molar-refractivity contribution in [1.82, 2.24) is 5.32 Å². The third kappa shape index (κ3) is 8.06. The van der Waals surface area contributed by atoms with Crippen LogP contribution in [0.3, 0.4) is 0 Å². The van der Waals surface area contributed by atoms with Gasteiger partial charge in [0, 0.05) is 26.2 Å². The second kappa shape index (κ2) is 8.91. The molecule has 0 aromatic heterocycles. The number of carbonyl (C=O) groups excluding carboxylic acids is 1. The first-order valence-electron chi connectivity index (χ1n) is 6.48. The number of nitrogens with one attached hydrogen (secondary N) is 1. The zero-order valence-electron chi connectivity index (χ0n) is 11.6. The lowest BCUT2D eigenvalue weighted by Gasteiger charge is -2.18. The van der Waals surface area contributed by atoms with Gasteiger partial charge in [-0.05, 0) is 26.7 Å². The molecule has 1 amide bonds. The minimum atomic E-state index is -1.01. The van der Waals surface area contributed by atoms with Crippen LogP contribution in [-0.2, 0) is 14.3 Å². The maximum Gasteiger partial charge on any atom is 0.309 e. The molecule has 0 aliphatic heterocycles. The number of ether oxygens (including phenoxy) is 1. The molecule has 0 spiro atoms. The Kier molecular flexibility index (Phi) is 8.37. The molecule has 0 radical (unpaired) electrons. The Bertz CT molecular complexity index is 264. The molecule has 0 aliphatic carbocycles. The summed E-state index contributed by atoms with van der Waals surface area (Å²) in [6, 6.07) is 0. The maximum atomic E-state index is 11.5. The molecular formula is C13H25NO4. The molecule has 0 heterocycles. The Labute approximate surface area is 109 Å². The summed E-state index contributed by atoms with van der Waals surface area (Å²) in [6.45, 7) is 7.11. The lowest BCUT2D eigenvalue weighted by molar-refractivity contribution is -0.149. The van der Waals surface area contributed by atoms with Crippen LogP contribution in [0.15, 0.2) is 0 Å². The van der Waals surface area contributed by atoms with Crippen molar-refractivity contribution in [3.8, 4) is 0 Å². The Hall–Kier alpha value is -1.10. The number of amides is 1. The molecule has 106 valence electrons. The van der Waals surface area contributed by atoms with E-state index in [0.29, 0.717) is 13.2 Å². The summed E-state index contributed by atoms with van der Waals surface area (Å²) < 4.78 is 5.35. The Morgan fingerprint density at radius 3 is 2.39 bits per heavy atom. The van der Waals surface area contributed by atoms with Crippen molar-refractivity contribution >= 4 is 11.9 Å². The normalized spacial score (nSPS) is 11.3. The third-order valence-electron chi connectivity index (χ3n) is 2.61. The van der Waals surface area contributed by atoms with Gasteiger partial charge in [0.25, 0.3) is 0 Å². The third-order valence-corrected chi connectivity index (χ3v) is 2.61. The second-order valence-electron chi connectivity index (χ2n) is 5.04. The van der Waals surface area contributed by atoms with Gasteiger partial charge < -0.3 is 15.2 Å². The van der Waals surface area contributed by atoms with Crippen LogP contribution in [0.25, 0.3) is 0 Å². The average molecular weight is 259 g/mol. The van der Waals surface area contributed by atoms with E-state index in [4.69, 9.17) is 9.84 Å². The fourth-order valence-corrected chi connectivity index (χ4v) is 1.29. The summed E-state index contributed by atoms with van der Waals surface area (Å²) in [6.07, 6.45) is 2.92. The van der Waals surface area contributed by atoms with Crippen LogP contribution in [0.1, 0.15) is 46.5 Å². The van der Waals surface area contributed by atoms with Crippen LogP contribution < -0.4 is 5.32 Å². The first-order valence-corrected chi connectivity index (χ1v) is 6.48. The molecule has 0 bridgehead atoms. The Balaban J connectivity index is 3.57. The number of carbonyl (C=O) groups is 2. The van der Waals surface area contributed by atoms with Gasteiger partial charge in [0.05, 0.1) is 5.41 Å². The van der Waals surface area contributed by atoms with E-state index < -0.39 is 11.4 Å². The molecule has 0 aromatic rings. The first-order chi connectivity index (χ1) is 8.40. The van der Waals surface area contributed by atoms with E-state index in [-0.39, 0.29) is 12.3 Å². The molecule has 0 unspecified atom stereocenters. The van der Waals surface area contributed by atoms with Crippen LogP contribution >= 0.6 is 0 Å². The van der Waals surface area contributed by atoms with Crippen molar-refractivity contribution in [3.05, 3.63) is 0 Å². The maximum absolute atomic E-state index is 11.5. The molecule has 0 rings (SSSR count). The zero-order chi connectivity index (χ0) is 14.0. The number of carboxylic acid groups (broad SMARTS) is 1. The molecule has 18 heavy (non-hydrogen) atoms. The molecular weight excluding hydrogens is 234 g/mol. The van der Waals surface area contributed by atoms with Crippen LogP contribution in [0.4, 0.5) is 0 Å². The van der Waals surface area contributed by atoms with Gasteiger partial charge in [-0.3, -0.25) is 9.59 Å². The van der Waals surface area contributed by atoms with E-state index in [2.05, 4.69) is 12.2 Å². The van der Waals surface area contributed by atoms with Crippen LogP contribution in [0, 0.1) is 5.41 Å². The minimum absolute atomic E-state index is 0.000967. The lowest BCUT2D eigenvalue weighted by Crippen LogP contribution is -2.34. The van der Waals surface area contributed by atoms with Crippen LogP contribution in [-0.4, -0.2) is 36.7 Å². The van der Waals surface area contributed by atoms with Crippen molar-refractivity contribution in [2.75, 3.05) is 19.8 Å². The molecule has 0 atom stereocenters. The first kappa shape index (κ1) is 16.9. The predicted molar refractivity (Wildman–Crippen MR) is 69.4 cm³/mol. The molecule has 2 N–H and O–H groups in total. The molecule has 5 nitrogen and oxygen atoms in total. The van der Waals surface area contributed by atoms with Gasteiger partial charge in [0.1, 0.15) is 0 Å². The van der Waals surface area contributed by atoms with Gasteiger partial charge in [-0.25, -0.2) is 0 Å². The Morgan fingerprint density at radius 2 is 1.83 bits per heavy atom. The zero-order valence-corrected chi connectivity index (χ0v) is 11.6. The van der Waals surface area contributed by atoms with Gasteiger partial charge in [0.15, 0.2) is 0 Å². The molecule has 0 aliphatic rings. The van der Waals surface area contributed by atoms with E-state index >= 15 is 0 Å². The van der Waals surface area contributed by atoms with Crippen molar-refractivity contribution in [1.29, 1.82) is 0 Å². The molecule has 0 saturated heterocycles. The fourth-order valence-electron chi connectivity index (χ4n) is 1.29. The van der Waals surface area contributed by atoms with Gasteiger partial charge in [0.2, 0.25) is 5.91 Å².